The average molecular weight is 268 g/mol. The Morgan fingerprint density at radius 2 is 1.78 bits per heavy atom. The van der Waals surface area contributed by atoms with E-state index in [1.54, 1.807) is 0 Å². The Morgan fingerprint density at radius 3 is 2.33 bits per heavy atom. The van der Waals surface area contributed by atoms with Crippen molar-refractivity contribution in [1.29, 1.82) is 0 Å². The van der Waals surface area contributed by atoms with Crippen molar-refractivity contribution in [2.24, 2.45) is 0 Å². The van der Waals surface area contributed by atoms with Crippen LogP contribution in [0.4, 0.5) is 11.6 Å². The van der Waals surface area contributed by atoms with Crippen LogP contribution in [0.15, 0.2) is 0 Å². The third-order valence-corrected chi connectivity index (χ3v) is 3.89. The van der Waals surface area contributed by atoms with Gasteiger partial charge in [-0.1, -0.05) is 6.92 Å². The standard InChI is InChI=1S/C13H24N4S/c1-6-14-12-10(3)13(17-11(4)16-12)15-8-7-9(2)18-5/h9H,6-8H2,1-5H3,(H2,14,15,16,17). The number of nitrogens with zero attached hydrogens (tertiary/aromatic N) is 2. The van der Waals surface area contributed by atoms with Crippen LogP contribution >= 0.6 is 11.8 Å². The van der Waals surface area contributed by atoms with Gasteiger partial charge < -0.3 is 10.6 Å². The van der Waals surface area contributed by atoms with Crippen LogP contribution in [0.5, 0.6) is 0 Å². The zero-order valence-corrected chi connectivity index (χ0v) is 12.8. The molecule has 0 saturated heterocycles. The molecule has 0 amide bonds. The highest BCUT2D eigenvalue weighted by molar-refractivity contribution is 7.99. The van der Waals surface area contributed by atoms with Gasteiger partial charge in [0.1, 0.15) is 17.5 Å². The molecule has 1 unspecified atom stereocenters. The van der Waals surface area contributed by atoms with Gasteiger partial charge in [0.2, 0.25) is 0 Å². The molecule has 0 bridgehead atoms. The molecule has 1 aromatic rings. The molecule has 0 aliphatic carbocycles. The Balaban J connectivity index is 2.69. The first kappa shape index (κ1) is 15.1. The molecule has 0 radical (unpaired) electrons. The molecule has 0 aromatic carbocycles. The van der Waals surface area contributed by atoms with Gasteiger partial charge in [-0.25, -0.2) is 9.97 Å². The molecule has 5 heteroatoms. The first-order valence-corrected chi connectivity index (χ1v) is 7.73. The van der Waals surface area contributed by atoms with Crippen LogP contribution in [0.25, 0.3) is 0 Å². The topological polar surface area (TPSA) is 49.8 Å². The highest BCUT2D eigenvalue weighted by Gasteiger charge is 2.08. The van der Waals surface area contributed by atoms with E-state index in [1.165, 1.54) is 0 Å². The molecule has 1 aromatic heterocycles. The Hall–Kier alpha value is -0.970. The summed E-state index contributed by atoms with van der Waals surface area (Å²) in [6.07, 6.45) is 3.29. The summed E-state index contributed by atoms with van der Waals surface area (Å²) in [6, 6.07) is 0. The van der Waals surface area contributed by atoms with Crippen molar-refractivity contribution in [3.63, 3.8) is 0 Å². The van der Waals surface area contributed by atoms with Gasteiger partial charge >= 0.3 is 0 Å². The third kappa shape index (κ3) is 4.37. The van der Waals surface area contributed by atoms with Gasteiger partial charge in [0.05, 0.1) is 0 Å². The minimum Gasteiger partial charge on any atom is -0.370 e. The van der Waals surface area contributed by atoms with Crippen molar-refractivity contribution < 1.29 is 0 Å². The van der Waals surface area contributed by atoms with Crippen LogP contribution in [0.2, 0.25) is 0 Å². The molecule has 18 heavy (non-hydrogen) atoms. The molecule has 4 nitrogen and oxygen atoms in total. The minimum absolute atomic E-state index is 0.675. The van der Waals surface area contributed by atoms with Crippen molar-refractivity contribution in [2.75, 3.05) is 30.0 Å². The first-order chi connectivity index (χ1) is 8.58. The molecule has 102 valence electrons. The predicted octanol–water partition coefficient (Wildman–Crippen LogP) is 3.08. The summed E-state index contributed by atoms with van der Waals surface area (Å²) in [6.45, 7) is 10.1. The second-order valence-corrected chi connectivity index (χ2v) is 5.66. The smallest absolute Gasteiger partial charge is 0.134 e. The minimum atomic E-state index is 0.675. The zero-order valence-electron chi connectivity index (χ0n) is 12.0. The van der Waals surface area contributed by atoms with Gasteiger partial charge in [-0.05, 0) is 33.4 Å². The molecular formula is C13H24N4S. The number of hydrogen-bond acceptors (Lipinski definition) is 5. The van der Waals surface area contributed by atoms with E-state index in [0.29, 0.717) is 5.25 Å². The van der Waals surface area contributed by atoms with Gasteiger partial charge in [-0.3, -0.25) is 0 Å². The van der Waals surface area contributed by atoms with Crippen LogP contribution in [0.1, 0.15) is 31.7 Å². The van der Waals surface area contributed by atoms with E-state index in [9.17, 15) is 0 Å². The fraction of sp³-hybridized carbons (Fsp3) is 0.692. The normalized spacial score (nSPS) is 12.3. The predicted molar refractivity (Wildman–Crippen MR) is 81.8 cm³/mol. The van der Waals surface area contributed by atoms with Gasteiger partial charge in [0, 0.05) is 23.9 Å². The number of nitrogens with one attached hydrogen (secondary N) is 2. The van der Waals surface area contributed by atoms with E-state index >= 15 is 0 Å². The average Bonchev–Trinajstić information content (AvgIpc) is 2.34. The fourth-order valence-electron chi connectivity index (χ4n) is 1.65. The summed E-state index contributed by atoms with van der Waals surface area (Å²) in [4.78, 5) is 8.89. The summed E-state index contributed by atoms with van der Waals surface area (Å²) in [5.74, 6) is 2.69. The molecule has 0 aliphatic heterocycles. The van der Waals surface area contributed by atoms with Crippen molar-refractivity contribution >= 4 is 23.4 Å². The van der Waals surface area contributed by atoms with Crippen LogP contribution in [0, 0.1) is 13.8 Å². The summed E-state index contributed by atoms with van der Waals surface area (Å²) in [7, 11) is 0. The van der Waals surface area contributed by atoms with Crippen molar-refractivity contribution in [3.8, 4) is 0 Å². The lowest BCUT2D eigenvalue weighted by Crippen LogP contribution is -2.13. The molecule has 0 spiro atoms. The van der Waals surface area contributed by atoms with Crippen molar-refractivity contribution in [3.05, 3.63) is 11.4 Å². The van der Waals surface area contributed by atoms with E-state index < -0.39 is 0 Å². The number of aromatic nitrogens is 2. The maximum absolute atomic E-state index is 4.47. The fourth-order valence-corrected chi connectivity index (χ4v) is 2.01. The zero-order chi connectivity index (χ0) is 13.5. The molecule has 1 rings (SSSR count). The van der Waals surface area contributed by atoms with Crippen LogP contribution in [-0.4, -0.2) is 34.6 Å². The van der Waals surface area contributed by atoms with E-state index in [0.717, 1.165) is 42.5 Å². The Morgan fingerprint density at radius 1 is 1.17 bits per heavy atom. The first-order valence-electron chi connectivity index (χ1n) is 6.44. The van der Waals surface area contributed by atoms with E-state index in [-0.39, 0.29) is 0 Å². The number of thioether (sulfide) groups is 1. The number of hydrogen-bond donors (Lipinski definition) is 2. The van der Waals surface area contributed by atoms with Crippen LogP contribution < -0.4 is 10.6 Å². The summed E-state index contributed by atoms with van der Waals surface area (Å²) in [5, 5.41) is 7.36. The highest BCUT2D eigenvalue weighted by Crippen LogP contribution is 2.20. The molecule has 1 heterocycles. The van der Waals surface area contributed by atoms with E-state index in [4.69, 9.17) is 0 Å². The molecule has 0 saturated carbocycles. The third-order valence-electron chi connectivity index (χ3n) is 2.85. The lowest BCUT2D eigenvalue weighted by atomic mass is 10.2. The number of anilines is 2. The summed E-state index contributed by atoms with van der Waals surface area (Å²) in [5.41, 5.74) is 1.10. The SMILES string of the molecule is CCNc1nc(C)nc(NCCC(C)SC)c1C. The van der Waals surface area contributed by atoms with E-state index in [2.05, 4.69) is 47.6 Å². The van der Waals surface area contributed by atoms with Crippen molar-refractivity contribution in [2.45, 2.75) is 39.4 Å². The Bertz CT molecular complexity index is 381. The summed E-state index contributed by atoms with van der Waals surface area (Å²) >= 11 is 1.89. The second-order valence-electron chi connectivity index (χ2n) is 4.39. The molecule has 1 atom stereocenters. The largest absolute Gasteiger partial charge is 0.370 e. The van der Waals surface area contributed by atoms with Gasteiger partial charge in [-0.15, -0.1) is 0 Å². The Labute approximate surface area is 114 Å². The Kier molecular flexibility index (Phi) is 6.25. The molecule has 2 N–H and O–H groups in total. The highest BCUT2D eigenvalue weighted by atomic mass is 32.2. The lowest BCUT2D eigenvalue weighted by Gasteiger charge is -2.14. The number of aryl methyl sites for hydroxylation is 1. The maximum Gasteiger partial charge on any atom is 0.134 e. The van der Waals surface area contributed by atoms with Crippen molar-refractivity contribution in [1.82, 2.24) is 9.97 Å². The second kappa shape index (κ2) is 7.46. The number of rotatable bonds is 7. The van der Waals surface area contributed by atoms with E-state index in [1.807, 2.05) is 18.7 Å². The quantitative estimate of drug-likeness (QED) is 0.796. The monoisotopic (exact) mass is 268 g/mol. The maximum atomic E-state index is 4.47. The summed E-state index contributed by atoms with van der Waals surface area (Å²) < 4.78 is 0. The molecular weight excluding hydrogens is 244 g/mol. The van der Waals surface area contributed by atoms with Crippen LogP contribution in [0.3, 0.4) is 0 Å². The molecule has 0 fully saturated rings. The van der Waals surface area contributed by atoms with Gasteiger partial charge in [-0.2, -0.15) is 11.8 Å². The van der Waals surface area contributed by atoms with Gasteiger partial charge in [0.25, 0.3) is 0 Å². The molecule has 0 aliphatic rings. The van der Waals surface area contributed by atoms with Crippen LogP contribution in [-0.2, 0) is 0 Å². The van der Waals surface area contributed by atoms with Gasteiger partial charge in [0.15, 0.2) is 0 Å². The lowest BCUT2D eigenvalue weighted by molar-refractivity contribution is 0.845.